The Kier molecular flexibility index (Phi) is 7.54. The van der Waals surface area contributed by atoms with Crippen LogP contribution in [-0.2, 0) is 26.3 Å². The van der Waals surface area contributed by atoms with Gasteiger partial charge in [-0.05, 0) is 31.0 Å². The van der Waals surface area contributed by atoms with Gasteiger partial charge in [-0.2, -0.15) is 8.42 Å². The molecule has 1 aromatic carbocycles. The number of aliphatic hydroxyl groups excluding tert-OH is 1. The van der Waals surface area contributed by atoms with Gasteiger partial charge in [0.1, 0.15) is 5.70 Å². The number of nitrogens with two attached hydrogens (primary N) is 1. The van der Waals surface area contributed by atoms with Crippen LogP contribution in [-0.4, -0.2) is 76.8 Å². The van der Waals surface area contributed by atoms with Gasteiger partial charge in [0.15, 0.2) is 0 Å². The van der Waals surface area contributed by atoms with Gasteiger partial charge >= 0.3 is 5.97 Å². The van der Waals surface area contributed by atoms with Crippen LogP contribution in [0.3, 0.4) is 0 Å². The number of nitrogens with zero attached hydrogens (tertiary/aromatic N) is 2. The van der Waals surface area contributed by atoms with Crippen LogP contribution in [0, 0.1) is 11.8 Å². The van der Waals surface area contributed by atoms with Crippen molar-refractivity contribution in [3.05, 3.63) is 45.5 Å². The number of likely N-dealkylation sites (tertiary alicyclic amines) is 1. The van der Waals surface area contributed by atoms with Crippen molar-refractivity contribution >= 4 is 45.4 Å². The summed E-state index contributed by atoms with van der Waals surface area (Å²) in [7, 11) is -3.86. The van der Waals surface area contributed by atoms with Crippen LogP contribution in [0.25, 0.3) is 0 Å². The molecule has 0 saturated carbocycles. The van der Waals surface area contributed by atoms with E-state index in [1.807, 2.05) is 19.1 Å². The molecule has 1 amide bonds. The van der Waals surface area contributed by atoms with E-state index < -0.39 is 28.2 Å². The summed E-state index contributed by atoms with van der Waals surface area (Å²) in [6.07, 6.45) is -0.261. The highest BCUT2D eigenvalue weighted by Gasteiger charge is 2.60. The number of β-lactam (4-membered cyclic amide) rings is 1. The Morgan fingerprint density at radius 3 is 2.57 bits per heavy atom. The predicted molar refractivity (Wildman–Crippen MR) is 132 cm³/mol. The van der Waals surface area contributed by atoms with E-state index in [0.717, 1.165) is 5.56 Å². The van der Waals surface area contributed by atoms with Crippen LogP contribution >= 0.6 is 23.4 Å². The lowest BCUT2D eigenvalue weighted by Gasteiger charge is -2.46. The summed E-state index contributed by atoms with van der Waals surface area (Å²) >= 11 is 7.42. The fourth-order valence-electron chi connectivity index (χ4n) is 5.32. The number of carbonyl (C=O) groups is 2. The Morgan fingerprint density at radius 2 is 2.00 bits per heavy atom. The lowest BCUT2D eigenvalue weighted by molar-refractivity contribution is -0.163. The Balaban J connectivity index is 1.54. The summed E-state index contributed by atoms with van der Waals surface area (Å²) in [5.74, 6) is -2.37. The minimum atomic E-state index is -3.86. The fourth-order valence-corrected chi connectivity index (χ4v) is 7.47. The molecule has 4 rings (SSSR count). The molecule has 3 aliphatic rings. The van der Waals surface area contributed by atoms with Gasteiger partial charge < -0.3 is 15.1 Å². The van der Waals surface area contributed by atoms with Gasteiger partial charge in [-0.15, -0.1) is 11.8 Å². The SMILES string of the molecule is C[C@@H](O)[C@H]1C(=O)N2C(C(=O)O)=C(S[C@H]3C[C@@H](CNS(N)(=O)=O)N(Cc4ccc(Cl)cc4)C3)[C@H](C)[C@H]12. The number of carbonyl (C=O) groups excluding carboxylic acids is 1. The molecule has 2 fully saturated rings. The molecule has 6 atom stereocenters. The number of benzene rings is 1. The van der Waals surface area contributed by atoms with Gasteiger partial charge in [-0.1, -0.05) is 30.7 Å². The predicted octanol–water partition coefficient (Wildman–Crippen LogP) is 0.963. The van der Waals surface area contributed by atoms with Gasteiger partial charge in [0.25, 0.3) is 10.2 Å². The normalized spacial score (nSPS) is 29.9. The molecule has 192 valence electrons. The number of carboxylic acids is 1. The molecule has 10 nitrogen and oxygen atoms in total. The number of aliphatic carboxylic acids is 1. The molecular weight excluding hydrogens is 516 g/mol. The van der Waals surface area contributed by atoms with Crippen molar-refractivity contribution in [2.24, 2.45) is 17.0 Å². The first-order chi connectivity index (χ1) is 16.4. The molecule has 2 saturated heterocycles. The molecule has 0 spiro atoms. The Morgan fingerprint density at radius 1 is 1.34 bits per heavy atom. The number of hydrogen-bond donors (Lipinski definition) is 4. The van der Waals surface area contributed by atoms with Crippen molar-refractivity contribution in [1.82, 2.24) is 14.5 Å². The van der Waals surface area contributed by atoms with Gasteiger partial charge in [-0.25, -0.2) is 14.7 Å². The van der Waals surface area contributed by atoms with Crippen molar-refractivity contribution in [2.45, 2.75) is 50.3 Å². The smallest absolute Gasteiger partial charge is 0.353 e. The zero-order valence-corrected chi connectivity index (χ0v) is 21.7. The van der Waals surface area contributed by atoms with E-state index in [-0.39, 0.29) is 41.4 Å². The van der Waals surface area contributed by atoms with Gasteiger partial charge in [0.05, 0.1) is 18.1 Å². The first-order valence-corrected chi connectivity index (χ1v) is 14.1. The summed E-state index contributed by atoms with van der Waals surface area (Å²) in [6, 6.07) is 6.87. The number of fused-ring (bicyclic) bond motifs is 1. The van der Waals surface area contributed by atoms with E-state index >= 15 is 0 Å². The lowest BCUT2D eigenvalue weighted by Crippen LogP contribution is -2.63. The molecule has 13 heteroatoms. The summed E-state index contributed by atoms with van der Waals surface area (Å²) in [5, 5.41) is 25.7. The maximum atomic E-state index is 12.6. The van der Waals surface area contributed by atoms with E-state index in [4.69, 9.17) is 16.7 Å². The lowest BCUT2D eigenvalue weighted by atomic mass is 9.79. The third kappa shape index (κ3) is 5.38. The molecule has 0 aromatic heterocycles. The standard InChI is InChI=1S/C22H29ClN4O6S2/c1-11-18-17(12(2)28)21(29)27(18)19(22(30)31)20(11)34-16-7-15(8-25-35(24,32)33)26(10-16)9-13-3-5-14(23)6-4-13/h3-6,11-12,15-18,25,28H,7-10H2,1-2H3,(H,30,31)(H2,24,32,33)/t11-,12-,15+,16+,17-,18-/m1/s1. The minimum Gasteiger partial charge on any atom is -0.477 e. The van der Waals surface area contributed by atoms with Crippen LogP contribution < -0.4 is 9.86 Å². The number of carboxylic acid groups (broad SMARTS) is 1. The van der Waals surface area contributed by atoms with Crippen molar-refractivity contribution in [3.8, 4) is 0 Å². The molecule has 1 aromatic rings. The maximum absolute atomic E-state index is 12.6. The van der Waals surface area contributed by atoms with E-state index in [1.165, 1.54) is 16.7 Å². The molecule has 35 heavy (non-hydrogen) atoms. The van der Waals surface area contributed by atoms with Crippen LogP contribution in [0.4, 0.5) is 0 Å². The molecule has 0 radical (unpaired) electrons. The monoisotopic (exact) mass is 544 g/mol. The van der Waals surface area contributed by atoms with E-state index in [0.29, 0.717) is 29.4 Å². The molecule has 0 aliphatic carbocycles. The third-order valence-electron chi connectivity index (χ3n) is 6.91. The number of thioether (sulfide) groups is 1. The summed E-state index contributed by atoms with van der Waals surface area (Å²) < 4.78 is 25.4. The maximum Gasteiger partial charge on any atom is 0.353 e. The largest absolute Gasteiger partial charge is 0.477 e. The highest BCUT2D eigenvalue weighted by atomic mass is 35.5. The quantitative estimate of drug-likeness (QED) is 0.335. The first kappa shape index (κ1) is 26.4. The number of rotatable bonds is 9. The number of nitrogens with one attached hydrogen (secondary N) is 1. The van der Waals surface area contributed by atoms with Gasteiger partial charge in [0.2, 0.25) is 5.91 Å². The van der Waals surface area contributed by atoms with Crippen molar-refractivity contribution in [3.63, 3.8) is 0 Å². The van der Waals surface area contributed by atoms with Crippen molar-refractivity contribution in [1.29, 1.82) is 0 Å². The average molecular weight is 545 g/mol. The minimum absolute atomic E-state index is 0.00948. The molecule has 0 bridgehead atoms. The molecule has 3 heterocycles. The molecule has 0 unspecified atom stereocenters. The van der Waals surface area contributed by atoms with E-state index in [2.05, 4.69) is 9.62 Å². The Hall–Kier alpha value is -1.67. The fraction of sp³-hybridized carbons (Fsp3) is 0.545. The molecular formula is C22H29ClN4O6S2. The molecule has 5 N–H and O–H groups in total. The molecule has 3 aliphatic heterocycles. The second-order valence-corrected chi connectivity index (χ2v) is 12.5. The summed E-state index contributed by atoms with van der Waals surface area (Å²) in [4.78, 5) is 28.8. The Bertz CT molecular complexity index is 1140. The van der Waals surface area contributed by atoms with Crippen molar-refractivity contribution in [2.75, 3.05) is 13.1 Å². The number of amides is 1. The van der Waals surface area contributed by atoms with Gasteiger partial charge in [-0.3, -0.25) is 9.69 Å². The topological polar surface area (TPSA) is 153 Å². The summed E-state index contributed by atoms with van der Waals surface area (Å²) in [5.41, 5.74) is 1.000. The number of aliphatic hydroxyl groups is 1. The van der Waals surface area contributed by atoms with Crippen LogP contribution in [0.2, 0.25) is 5.02 Å². The van der Waals surface area contributed by atoms with Gasteiger partial charge in [0, 0.05) is 46.8 Å². The van der Waals surface area contributed by atoms with Crippen molar-refractivity contribution < 1.29 is 28.2 Å². The van der Waals surface area contributed by atoms with Crippen LogP contribution in [0.1, 0.15) is 25.8 Å². The second-order valence-electron chi connectivity index (χ2n) is 9.35. The summed E-state index contributed by atoms with van der Waals surface area (Å²) in [6.45, 7) is 4.71. The van der Waals surface area contributed by atoms with E-state index in [1.54, 1.807) is 19.1 Å². The highest BCUT2D eigenvalue weighted by Crippen LogP contribution is 2.52. The average Bonchev–Trinajstić information content (AvgIpc) is 3.24. The number of hydrogen-bond acceptors (Lipinski definition) is 7. The zero-order valence-electron chi connectivity index (χ0n) is 19.3. The first-order valence-electron chi connectivity index (χ1n) is 11.3. The highest BCUT2D eigenvalue weighted by molar-refractivity contribution is 8.03. The zero-order chi connectivity index (χ0) is 25.7. The third-order valence-corrected chi connectivity index (χ3v) is 9.23. The van der Waals surface area contributed by atoms with Crippen LogP contribution in [0.15, 0.2) is 34.9 Å². The number of halogens is 1. The van der Waals surface area contributed by atoms with E-state index in [9.17, 15) is 28.2 Å². The Labute approximate surface area is 213 Å². The second kappa shape index (κ2) is 10.0. The van der Waals surface area contributed by atoms with Crippen LogP contribution in [0.5, 0.6) is 0 Å².